The third-order valence-electron chi connectivity index (χ3n) is 6.46. The lowest BCUT2D eigenvalue weighted by molar-refractivity contribution is -0.132. The maximum Gasteiger partial charge on any atom is 0.258 e. The van der Waals surface area contributed by atoms with E-state index in [1.807, 2.05) is 41.3 Å². The number of amides is 2. The van der Waals surface area contributed by atoms with Crippen molar-refractivity contribution in [2.45, 2.75) is 25.4 Å². The molecule has 1 aliphatic heterocycles. The van der Waals surface area contributed by atoms with Crippen LogP contribution in [0, 0.1) is 5.41 Å². The molecule has 3 aromatic carbocycles. The average molecular weight is 486 g/mol. The fraction of sp³-hybridized carbons (Fsp3) is 0.250. The van der Waals surface area contributed by atoms with Gasteiger partial charge in [-0.2, -0.15) is 0 Å². The summed E-state index contributed by atoms with van der Waals surface area (Å²) >= 11 is 0. The zero-order chi connectivity index (χ0) is 25.7. The summed E-state index contributed by atoms with van der Waals surface area (Å²) in [6, 6.07) is 21.8. The molecule has 0 spiro atoms. The van der Waals surface area contributed by atoms with Crippen molar-refractivity contribution in [1.29, 1.82) is 5.41 Å². The Bertz CT molecular complexity index is 1240. The maximum atomic E-state index is 13.3. The molecule has 36 heavy (non-hydrogen) atoms. The monoisotopic (exact) mass is 485 g/mol. The van der Waals surface area contributed by atoms with E-state index in [0.717, 1.165) is 23.2 Å². The Labute approximate surface area is 210 Å². The van der Waals surface area contributed by atoms with Gasteiger partial charge in [0, 0.05) is 49.2 Å². The van der Waals surface area contributed by atoms with Crippen molar-refractivity contribution < 1.29 is 14.7 Å². The standard InChI is InChI=1S/C28H31N5O3/c1-32(23-11-9-20(10-12-23)26(29)30)27(35)21-7-8-22-18-33(15-13-19-5-3-2-4-6-19)28(36)24(14-16-34)31-25(22)17-21/h2-12,17,24,31,34H,13-16,18H2,1H3,(H3,29,30)/t24-/m1/s1. The molecule has 0 fully saturated rings. The van der Waals surface area contributed by atoms with Crippen molar-refractivity contribution in [1.82, 2.24) is 4.90 Å². The second-order valence-electron chi connectivity index (χ2n) is 8.90. The van der Waals surface area contributed by atoms with E-state index in [0.29, 0.717) is 29.9 Å². The molecule has 0 aromatic heterocycles. The van der Waals surface area contributed by atoms with Gasteiger partial charge in [0.15, 0.2) is 0 Å². The van der Waals surface area contributed by atoms with Crippen LogP contribution in [-0.4, -0.2) is 53.9 Å². The predicted molar refractivity (Wildman–Crippen MR) is 141 cm³/mol. The Hall–Kier alpha value is -4.17. The second kappa shape index (κ2) is 11.0. The van der Waals surface area contributed by atoms with Crippen LogP contribution in [-0.2, 0) is 17.8 Å². The number of anilines is 2. The van der Waals surface area contributed by atoms with Gasteiger partial charge in [-0.3, -0.25) is 15.0 Å². The van der Waals surface area contributed by atoms with Gasteiger partial charge in [0.1, 0.15) is 11.9 Å². The third kappa shape index (κ3) is 5.55. The molecule has 3 aromatic rings. The van der Waals surface area contributed by atoms with Crippen LogP contribution < -0.4 is 16.0 Å². The molecule has 1 heterocycles. The number of fused-ring (bicyclic) bond motifs is 1. The summed E-state index contributed by atoms with van der Waals surface area (Å²) in [5, 5.41) is 20.4. The Balaban J connectivity index is 1.55. The van der Waals surface area contributed by atoms with Gasteiger partial charge in [0.05, 0.1) is 0 Å². The first-order chi connectivity index (χ1) is 17.4. The van der Waals surface area contributed by atoms with E-state index < -0.39 is 6.04 Å². The number of carbonyl (C=O) groups is 2. The Morgan fingerprint density at radius 2 is 1.81 bits per heavy atom. The summed E-state index contributed by atoms with van der Waals surface area (Å²) in [7, 11) is 1.69. The topological polar surface area (TPSA) is 123 Å². The normalized spacial score (nSPS) is 15.0. The number of nitrogens with two attached hydrogens (primary N) is 1. The second-order valence-corrected chi connectivity index (χ2v) is 8.90. The number of aliphatic hydroxyl groups excluding tert-OH is 1. The molecule has 1 atom stereocenters. The summed E-state index contributed by atoms with van der Waals surface area (Å²) in [6.07, 6.45) is 1.01. The Kier molecular flexibility index (Phi) is 7.65. The first-order valence-electron chi connectivity index (χ1n) is 11.9. The lowest BCUT2D eigenvalue weighted by atomic mass is 10.1. The van der Waals surface area contributed by atoms with Crippen molar-refractivity contribution in [3.8, 4) is 0 Å². The lowest BCUT2D eigenvalue weighted by Crippen LogP contribution is -2.41. The van der Waals surface area contributed by atoms with Crippen LogP contribution in [0.5, 0.6) is 0 Å². The van der Waals surface area contributed by atoms with Crippen molar-refractivity contribution in [2.24, 2.45) is 5.73 Å². The summed E-state index contributed by atoms with van der Waals surface area (Å²) in [4.78, 5) is 29.9. The van der Waals surface area contributed by atoms with Crippen LogP contribution in [0.2, 0.25) is 0 Å². The number of hydrogen-bond donors (Lipinski definition) is 4. The van der Waals surface area contributed by atoms with E-state index in [2.05, 4.69) is 5.32 Å². The minimum Gasteiger partial charge on any atom is -0.396 e. The molecule has 1 aliphatic rings. The number of nitrogens with one attached hydrogen (secondary N) is 2. The molecule has 0 bridgehead atoms. The molecular formula is C28H31N5O3. The van der Waals surface area contributed by atoms with Crippen molar-refractivity contribution >= 4 is 29.0 Å². The number of aliphatic hydroxyl groups is 1. The number of carbonyl (C=O) groups excluding carboxylic acids is 2. The quantitative estimate of drug-likeness (QED) is 0.289. The molecule has 0 saturated carbocycles. The van der Waals surface area contributed by atoms with E-state index in [9.17, 15) is 14.7 Å². The lowest BCUT2D eigenvalue weighted by Gasteiger charge is -2.24. The van der Waals surface area contributed by atoms with E-state index in [1.54, 1.807) is 43.4 Å². The highest BCUT2D eigenvalue weighted by atomic mass is 16.3. The first kappa shape index (κ1) is 24.9. The smallest absolute Gasteiger partial charge is 0.258 e. The van der Waals surface area contributed by atoms with E-state index in [1.165, 1.54) is 4.90 Å². The highest BCUT2D eigenvalue weighted by molar-refractivity contribution is 6.06. The fourth-order valence-corrected chi connectivity index (χ4v) is 4.33. The van der Waals surface area contributed by atoms with Crippen molar-refractivity contribution in [3.63, 3.8) is 0 Å². The van der Waals surface area contributed by atoms with Gasteiger partial charge < -0.3 is 26.0 Å². The third-order valence-corrected chi connectivity index (χ3v) is 6.46. The van der Waals surface area contributed by atoms with Gasteiger partial charge in [-0.05, 0) is 60.4 Å². The number of nitrogens with zero attached hydrogens (tertiary/aromatic N) is 2. The number of hydrogen-bond acceptors (Lipinski definition) is 5. The van der Waals surface area contributed by atoms with Crippen LogP contribution in [0.4, 0.5) is 11.4 Å². The van der Waals surface area contributed by atoms with Crippen molar-refractivity contribution in [3.05, 3.63) is 95.1 Å². The van der Waals surface area contributed by atoms with Crippen LogP contribution >= 0.6 is 0 Å². The van der Waals surface area contributed by atoms with E-state index in [-0.39, 0.29) is 30.7 Å². The summed E-state index contributed by atoms with van der Waals surface area (Å²) < 4.78 is 0. The molecule has 0 unspecified atom stereocenters. The Morgan fingerprint density at radius 1 is 1.11 bits per heavy atom. The van der Waals surface area contributed by atoms with Crippen molar-refractivity contribution in [2.75, 3.05) is 30.4 Å². The van der Waals surface area contributed by atoms with Gasteiger partial charge in [0.2, 0.25) is 5.91 Å². The molecule has 0 radical (unpaired) electrons. The van der Waals surface area contributed by atoms with Crippen LogP contribution in [0.1, 0.15) is 33.5 Å². The molecule has 8 heteroatoms. The molecule has 8 nitrogen and oxygen atoms in total. The van der Waals surface area contributed by atoms with E-state index >= 15 is 0 Å². The van der Waals surface area contributed by atoms with Gasteiger partial charge >= 0.3 is 0 Å². The van der Waals surface area contributed by atoms with Crippen LogP contribution in [0.15, 0.2) is 72.8 Å². The van der Waals surface area contributed by atoms with Gasteiger partial charge in [0.25, 0.3) is 5.91 Å². The first-order valence-corrected chi connectivity index (χ1v) is 11.9. The van der Waals surface area contributed by atoms with Gasteiger partial charge in [-0.15, -0.1) is 0 Å². The molecule has 0 aliphatic carbocycles. The number of benzene rings is 3. The summed E-state index contributed by atoms with van der Waals surface area (Å²) in [5.41, 5.74) is 10.1. The van der Waals surface area contributed by atoms with Crippen LogP contribution in [0.3, 0.4) is 0 Å². The number of rotatable bonds is 8. The average Bonchev–Trinajstić information content (AvgIpc) is 3.03. The number of nitrogen functional groups attached to an aromatic ring is 1. The highest BCUT2D eigenvalue weighted by Gasteiger charge is 2.29. The van der Waals surface area contributed by atoms with Crippen LogP contribution in [0.25, 0.3) is 0 Å². The predicted octanol–water partition coefficient (Wildman–Crippen LogP) is 3.00. The maximum absolute atomic E-state index is 13.3. The summed E-state index contributed by atoms with van der Waals surface area (Å²) in [5.74, 6) is -0.297. The van der Waals surface area contributed by atoms with Gasteiger partial charge in [-0.1, -0.05) is 36.4 Å². The minimum absolute atomic E-state index is 0.0304. The highest BCUT2D eigenvalue weighted by Crippen LogP contribution is 2.27. The largest absolute Gasteiger partial charge is 0.396 e. The van der Waals surface area contributed by atoms with E-state index in [4.69, 9.17) is 11.1 Å². The fourth-order valence-electron chi connectivity index (χ4n) is 4.33. The molecule has 186 valence electrons. The zero-order valence-electron chi connectivity index (χ0n) is 20.3. The number of amidine groups is 1. The molecule has 2 amide bonds. The molecule has 0 saturated heterocycles. The van der Waals surface area contributed by atoms with Gasteiger partial charge in [-0.25, -0.2) is 0 Å². The zero-order valence-corrected chi connectivity index (χ0v) is 20.3. The molecule has 4 rings (SSSR count). The molecule has 5 N–H and O–H groups in total. The molecular weight excluding hydrogens is 454 g/mol. The summed E-state index contributed by atoms with van der Waals surface area (Å²) in [6.45, 7) is 0.862. The minimum atomic E-state index is -0.575. The Morgan fingerprint density at radius 3 is 2.47 bits per heavy atom. The SMILES string of the molecule is CN(C(=O)c1ccc2c(c1)N[C@H](CCO)C(=O)N(CCc1ccccc1)C2)c1ccc(C(=N)N)cc1.